The highest BCUT2D eigenvalue weighted by Gasteiger charge is 2.28. The van der Waals surface area contributed by atoms with E-state index in [1.807, 2.05) is 18.2 Å². The summed E-state index contributed by atoms with van der Waals surface area (Å²) in [5, 5.41) is 11.8. The number of carbonyl (C=O) groups is 1. The first kappa shape index (κ1) is 14.2. The summed E-state index contributed by atoms with van der Waals surface area (Å²) in [5.74, 6) is -0.0641. The molecule has 1 N–H and O–H groups in total. The Hall–Kier alpha value is -1.77. The molecule has 3 nitrogen and oxygen atoms in total. The molecule has 1 atom stereocenters. The van der Waals surface area contributed by atoms with Crippen LogP contribution in [0.3, 0.4) is 0 Å². The summed E-state index contributed by atoms with van der Waals surface area (Å²) in [7, 11) is 0. The van der Waals surface area contributed by atoms with Crippen molar-refractivity contribution < 1.29 is 4.79 Å². The molecule has 2 aromatic rings. The summed E-state index contributed by atoms with van der Waals surface area (Å²) >= 11 is 4.93. The number of thioether (sulfide) groups is 1. The van der Waals surface area contributed by atoms with E-state index in [1.54, 1.807) is 30.0 Å². The highest BCUT2D eigenvalue weighted by Crippen LogP contribution is 2.37. The van der Waals surface area contributed by atoms with Crippen molar-refractivity contribution >= 4 is 39.3 Å². The van der Waals surface area contributed by atoms with Crippen LogP contribution in [0.5, 0.6) is 0 Å². The van der Waals surface area contributed by atoms with Gasteiger partial charge >= 0.3 is 0 Å². The number of benzene rings is 2. The second kappa shape index (κ2) is 5.92. The van der Waals surface area contributed by atoms with Crippen LogP contribution >= 0.6 is 27.7 Å². The van der Waals surface area contributed by atoms with Crippen LogP contribution in [0.4, 0.5) is 5.69 Å². The predicted molar refractivity (Wildman–Crippen MR) is 87.3 cm³/mol. The molecule has 1 amide bonds. The Morgan fingerprint density at radius 2 is 2.14 bits per heavy atom. The number of nitrogens with zero attached hydrogens (tertiary/aromatic N) is 1. The van der Waals surface area contributed by atoms with Gasteiger partial charge < -0.3 is 5.32 Å². The number of hydrogen-bond donors (Lipinski definition) is 1. The van der Waals surface area contributed by atoms with Gasteiger partial charge in [0, 0.05) is 9.37 Å². The van der Waals surface area contributed by atoms with Gasteiger partial charge in [-0.2, -0.15) is 5.26 Å². The topological polar surface area (TPSA) is 52.9 Å². The van der Waals surface area contributed by atoms with Crippen molar-refractivity contribution in [1.29, 1.82) is 5.26 Å². The molecule has 0 radical (unpaired) electrons. The second-order valence-electron chi connectivity index (χ2n) is 4.71. The first-order valence-corrected chi connectivity index (χ1v) is 8.10. The van der Waals surface area contributed by atoms with Gasteiger partial charge in [0.25, 0.3) is 0 Å². The number of nitriles is 1. The van der Waals surface area contributed by atoms with E-state index in [0.717, 1.165) is 15.8 Å². The highest BCUT2D eigenvalue weighted by atomic mass is 79.9. The zero-order valence-corrected chi connectivity index (χ0v) is 13.4. The molecule has 1 unspecified atom stereocenters. The van der Waals surface area contributed by atoms with Gasteiger partial charge in [-0.15, -0.1) is 11.8 Å². The lowest BCUT2D eigenvalue weighted by Crippen LogP contribution is -2.25. The van der Waals surface area contributed by atoms with Gasteiger partial charge in [0.15, 0.2) is 0 Å². The van der Waals surface area contributed by atoms with Crippen LogP contribution in [0.15, 0.2) is 51.8 Å². The third kappa shape index (κ3) is 2.97. The van der Waals surface area contributed by atoms with Gasteiger partial charge in [-0.25, -0.2) is 0 Å². The largest absolute Gasteiger partial charge is 0.324 e. The van der Waals surface area contributed by atoms with Crippen molar-refractivity contribution in [3.05, 3.63) is 58.1 Å². The Balaban J connectivity index is 1.77. The number of nitrogens with one attached hydrogen (secondary N) is 1. The zero-order chi connectivity index (χ0) is 14.8. The Kier molecular flexibility index (Phi) is 4.00. The van der Waals surface area contributed by atoms with Crippen LogP contribution in [0.2, 0.25) is 0 Å². The van der Waals surface area contributed by atoms with Gasteiger partial charge in [0.2, 0.25) is 5.91 Å². The van der Waals surface area contributed by atoms with Crippen LogP contribution in [-0.4, -0.2) is 11.2 Å². The molecule has 5 heteroatoms. The van der Waals surface area contributed by atoms with E-state index in [2.05, 4.69) is 33.4 Å². The lowest BCUT2D eigenvalue weighted by Gasteiger charge is -2.11. The van der Waals surface area contributed by atoms with Crippen molar-refractivity contribution in [1.82, 2.24) is 0 Å². The van der Waals surface area contributed by atoms with E-state index in [0.29, 0.717) is 11.3 Å². The fraction of sp³-hybridized carbons (Fsp3) is 0.125. The molecule has 21 heavy (non-hydrogen) atoms. The Labute approximate surface area is 135 Å². The third-order valence-corrected chi connectivity index (χ3v) is 5.11. The number of rotatable bonds is 2. The summed E-state index contributed by atoms with van der Waals surface area (Å²) in [5.41, 5.74) is 2.22. The van der Waals surface area contributed by atoms with E-state index in [9.17, 15) is 4.79 Å². The molecule has 1 heterocycles. The fourth-order valence-corrected chi connectivity index (χ4v) is 3.82. The van der Waals surface area contributed by atoms with Gasteiger partial charge in [0.1, 0.15) is 6.07 Å². The first-order valence-electron chi connectivity index (χ1n) is 6.42. The summed E-state index contributed by atoms with van der Waals surface area (Å²) in [4.78, 5) is 13.6. The molecule has 0 saturated heterocycles. The lowest BCUT2D eigenvalue weighted by atomic mass is 10.1. The molecule has 1 aliphatic rings. The zero-order valence-electron chi connectivity index (χ0n) is 11.0. The van der Waals surface area contributed by atoms with Crippen LogP contribution in [0.1, 0.15) is 11.1 Å². The maximum atomic E-state index is 12.4. The number of fused-ring (bicyclic) bond motifs is 1. The maximum absolute atomic E-state index is 12.4. The van der Waals surface area contributed by atoms with Crippen molar-refractivity contribution in [2.24, 2.45) is 0 Å². The van der Waals surface area contributed by atoms with E-state index in [4.69, 9.17) is 5.26 Å². The van der Waals surface area contributed by atoms with Crippen molar-refractivity contribution in [2.75, 3.05) is 5.32 Å². The van der Waals surface area contributed by atoms with Crippen LogP contribution in [0.25, 0.3) is 0 Å². The summed E-state index contributed by atoms with van der Waals surface area (Å²) in [6.45, 7) is 0. The molecule has 0 fully saturated rings. The van der Waals surface area contributed by atoms with Crippen LogP contribution in [-0.2, 0) is 11.2 Å². The van der Waals surface area contributed by atoms with Crippen LogP contribution < -0.4 is 5.32 Å². The molecule has 0 saturated carbocycles. The molecule has 0 spiro atoms. The van der Waals surface area contributed by atoms with E-state index in [-0.39, 0.29) is 11.2 Å². The average Bonchev–Trinajstić information content (AvgIpc) is 2.91. The minimum Gasteiger partial charge on any atom is -0.324 e. The van der Waals surface area contributed by atoms with Crippen molar-refractivity contribution in [2.45, 2.75) is 16.6 Å². The summed E-state index contributed by atoms with van der Waals surface area (Å²) in [6, 6.07) is 15.4. The minimum absolute atomic E-state index is 0.0641. The Morgan fingerprint density at radius 1 is 1.33 bits per heavy atom. The molecule has 3 rings (SSSR count). The number of amides is 1. The lowest BCUT2D eigenvalue weighted by molar-refractivity contribution is -0.115. The van der Waals surface area contributed by atoms with Gasteiger partial charge in [0.05, 0.1) is 16.5 Å². The average molecular weight is 359 g/mol. The number of hydrogen-bond acceptors (Lipinski definition) is 3. The molecular formula is C16H11BrN2OS. The maximum Gasteiger partial charge on any atom is 0.238 e. The summed E-state index contributed by atoms with van der Waals surface area (Å²) in [6.07, 6.45) is 0.725. The van der Waals surface area contributed by atoms with Gasteiger partial charge in [-0.1, -0.05) is 34.1 Å². The quantitative estimate of drug-likeness (QED) is 0.883. The van der Waals surface area contributed by atoms with Crippen molar-refractivity contribution in [3.8, 4) is 6.07 Å². The predicted octanol–water partition coefficient (Wildman–Crippen LogP) is 3.98. The fourth-order valence-electron chi connectivity index (χ4n) is 2.26. The highest BCUT2D eigenvalue weighted by molar-refractivity contribution is 9.10. The monoisotopic (exact) mass is 358 g/mol. The minimum atomic E-state index is -0.145. The van der Waals surface area contributed by atoms with E-state index < -0.39 is 0 Å². The first-order chi connectivity index (χ1) is 10.2. The Bertz CT molecular complexity index is 729. The molecule has 2 aromatic carbocycles. The Morgan fingerprint density at radius 3 is 2.90 bits per heavy atom. The normalized spacial score (nSPS) is 16.1. The molecule has 0 bridgehead atoms. The van der Waals surface area contributed by atoms with Gasteiger partial charge in [-0.05, 0) is 36.2 Å². The molecule has 1 aliphatic heterocycles. The number of anilines is 1. The smallest absolute Gasteiger partial charge is 0.238 e. The van der Waals surface area contributed by atoms with Crippen LogP contribution in [0, 0.1) is 11.3 Å². The molecular weight excluding hydrogens is 348 g/mol. The van der Waals surface area contributed by atoms with E-state index >= 15 is 0 Å². The van der Waals surface area contributed by atoms with Crippen molar-refractivity contribution in [3.63, 3.8) is 0 Å². The number of halogens is 1. The van der Waals surface area contributed by atoms with Gasteiger partial charge in [-0.3, -0.25) is 4.79 Å². The number of carbonyl (C=O) groups excluding carboxylic acids is 1. The summed E-state index contributed by atoms with van der Waals surface area (Å²) < 4.78 is 0.833. The molecule has 0 aromatic heterocycles. The molecule has 104 valence electrons. The third-order valence-electron chi connectivity index (χ3n) is 3.30. The second-order valence-corrected chi connectivity index (χ2v) is 6.87. The standard InChI is InChI=1S/C16H11BrN2OS/c17-12-6-5-11(9-18)13(8-12)19-16(20)15-7-10-3-1-2-4-14(10)21-15/h1-6,8,15H,7H2,(H,19,20). The molecule has 0 aliphatic carbocycles. The van der Waals surface area contributed by atoms with E-state index in [1.165, 1.54) is 5.56 Å². The SMILES string of the molecule is N#Cc1ccc(Br)cc1NC(=O)C1Cc2ccccc2S1.